The molecule has 0 aromatic heterocycles. The SMILES string of the molecule is Cc1cc(C)c(OCC(=O)Nc2ccc([N+](=O)[O-])cc2)c(C)c1. The highest BCUT2D eigenvalue weighted by Crippen LogP contribution is 2.24. The summed E-state index contributed by atoms with van der Waals surface area (Å²) in [6.07, 6.45) is 0. The maximum atomic E-state index is 11.9. The number of nitrogens with one attached hydrogen (secondary N) is 1. The minimum absolute atomic E-state index is 0.0230. The fourth-order valence-corrected chi connectivity index (χ4v) is 2.40. The van der Waals surface area contributed by atoms with Crippen LogP contribution < -0.4 is 10.1 Å². The van der Waals surface area contributed by atoms with E-state index < -0.39 is 4.92 Å². The van der Waals surface area contributed by atoms with Crippen molar-refractivity contribution in [3.05, 3.63) is 63.2 Å². The Morgan fingerprint density at radius 3 is 2.22 bits per heavy atom. The van der Waals surface area contributed by atoms with Crippen molar-refractivity contribution in [1.29, 1.82) is 0 Å². The first-order valence-electron chi connectivity index (χ1n) is 7.12. The van der Waals surface area contributed by atoms with E-state index in [2.05, 4.69) is 5.32 Å². The van der Waals surface area contributed by atoms with Crippen LogP contribution in [-0.4, -0.2) is 17.4 Å². The Bertz CT molecular complexity index is 716. The van der Waals surface area contributed by atoms with Gasteiger partial charge in [0.1, 0.15) is 5.75 Å². The van der Waals surface area contributed by atoms with E-state index in [4.69, 9.17) is 4.74 Å². The van der Waals surface area contributed by atoms with Crippen LogP contribution in [0.2, 0.25) is 0 Å². The number of nitro benzene ring substituents is 1. The van der Waals surface area contributed by atoms with Crippen LogP contribution in [0.1, 0.15) is 16.7 Å². The number of ether oxygens (including phenoxy) is 1. The first-order chi connectivity index (χ1) is 10.9. The predicted octanol–water partition coefficient (Wildman–Crippen LogP) is 3.54. The van der Waals surface area contributed by atoms with Crippen molar-refractivity contribution in [2.45, 2.75) is 20.8 Å². The summed E-state index contributed by atoms with van der Waals surface area (Å²) < 4.78 is 5.60. The number of hydrogen-bond acceptors (Lipinski definition) is 4. The molecule has 0 fully saturated rings. The fraction of sp³-hybridized carbons (Fsp3) is 0.235. The van der Waals surface area contributed by atoms with Crippen LogP contribution in [0.15, 0.2) is 36.4 Å². The molecule has 0 atom stereocenters. The number of rotatable bonds is 5. The van der Waals surface area contributed by atoms with Gasteiger partial charge >= 0.3 is 0 Å². The number of benzene rings is 2. The van der Waals surface area contributed by atoms with E-state index in [9.17, 15) is 14.9 Å². The van der Waals surface area contributed by atoms with Crippen LogP contribution >= 0.6 is 0 Å². The molecule has 2 aromatic carbocycles. The topological polar surface area (TPSA) is 81.5 Å². The van der Waals surface area contributed by atoms with Crippen LogP contribution in [0.5, 0.6) is 5.75 Å². The highest BCUT2D eigenvalue weighted by molar-refractivity contribution is 5.92. The first-order valence-corrected chi connectivity index (χ1v) is 7.12. The second-order valence-electron chi connectivity index (χ2n) is 5.37. The highest BCUT2D eigenvalue weighted by atomic mass is 16.6. The molecule has 23 heavy (non-hydrogen) atoms. The van der Waals surface area contributed by atoms with Crippen LogP contribution in [0.4, 0.5) is 11.4 Å². The molecule has 1 N–H and O–H groups in total. The van der Waals surface area contributed by atoms with Crippen LogP contribution in [0.25, 0.3) is 0 Å². The number of anilines is 1. The van der Waals surface area contributed by atoms with E-state index in [0.29, 0.717) is 11.4 Å². The quantitative estimate of drug-likeness (QED) is 0.676. The molecule has 1 amide bonds. The number of nitrogens with zero attached hydrogens (tertiary/aromatic N) is 1. The Hall–Kier alpha value is -2.89. The molecule has 0 saturated heterocycles. The van der Waals surface area contributed by atoms with E-state index in [1.54, 1.807) is 0 Å². The molecule has 0 aliphatic rings. The molecule has 6 nitrogen and oxygen atoms in total. The second kappa shape index (κ2) is 6.91. The lowest BCUT2D eigenvalue weighted by Crippen LogP contribution is -2.20. The number of amides is 1. The van der Waals surface area contributed by atoms with Crippen molar-refractivity contribution in [1.82, 2.24) is 0 Å². The van der Waals surface area contributed by atoms with E-state index in [1.807, 2.05) is 32.9 Å². The molecule has 0 unspecified atom stereocenters. The lowest BCUT2D eigenvalue weighted by Gasteiger charge is -2.13. The Morgan fingerprint density at radius 2 is 1.70 bits per heavy atom. The summed E-state index contributed by atoms with van der Waals surface area (Å²) in [6, 6.07) is 9.64. The number of nitro groups is 1. The zero-order chi connectivity index (χ0) is 17.0. The van der Waals surface area contributed by atoms with Gasteiger partial charge in [0.25, 0.3) is 11.6 Å². The smallest absolute Gasteiger partial charge is 0.269 e. The summed E-state index contributed by atoms with van der Waals surface area (Å²) in [5, 5.41) is 13.2. The van der Waals surface area contributed by atoms with Gasteiger partial charge in [-0.15, -0.1) is 0 Å². The average molecular weight is 314 g/mol. The number of carbonyl (C=O) groups excluding carboxylic acids is 1. The Kier molecular flexibility index (Phi) is 4.95. The highest BCUT2D eigenvalue weighted by Gasteiger charge is 2.10. The van der Waals surface area contributed by atoms with Crippen molar-refractivity contribution < 1.29 is 14.5 Å². The van der Waals surface area contributed by atoms with Gasteiger partial charge in [-0.3, -0.25) is 14.9 Å². The van der Waals surface area contributed by atoms with Crippen molar-refractivity contribution in [2.24, 2.45) is 0 Å². The molecule has 0 heterocycles. The predicted molar refractivity (Wildman–Crippen MR) is 87.9 cm³/mol. The maximum absolute atomic E-state index is 11.9. The standard InChI is InChI=1S/C17H18N2O4/c1-11-8-12(2)17(13(3)9-11)23-10-16(20)18-14-4-6-15(7-5-14)19(21)22/h4-9H,10H2,1-3H3,(H,18,20). The average Bonchev–Trinajstić information content (AvgIpc) is 2.46. The summed E-state index contributed by atoms with van der Waals surface area (Å²) in [5.74, 6) is 0.382. The number of hydrogen-bond donors (Lipinski definition) is 1. The second-order valence-corrected chi connectivity index (χ2v) is 5.37. The molecule has 0 aliphatic heterocycles. The van der Waals surface area contributed by atoms with Crippen LogP contribution in [0, 0.1) is 30.9 Å². The van der Waals surface area contributed by atoms with Crippen molar-refractivity contribution in [3.63, 3.8) is 0 Å². The molecule has 0 radical (unpaired) electrons. The number of aryl methyl sites for hydroxylation is 3. The lowest BCUT2D eigenvalue weighted by molar-refractivity contribution is -0.384. The lowest BCUT2D eigenvalue weighted by atomic mass is 10.1. The van der Waals surface area contributed by atoms with E-state index in [1.165, 1.54) is 24.3 Å². The molecule has 2 rings (SSSR count). The van der Waals surface area contributed by atoms with Gasteiger partial charge in [-0.2, -0.15) is 0 Å². The van der Waals surface area contributed by atoms with Gasteiger partial charge in [0.05, 0.1) is 4.92 Å². The molecule has 120 valence electrons. The number of carbonyl (C=O) groups is 1. The van der Waals surface area contributed by atoms with Crippen LogP contribution in [-0.2, 0) is 4.79 Å². The zero-order valence-corrected chi connectivity index (χ0v) is 13.3. The van der Waals surface area contributed by atoms with E-state index in [-0.39, 0.29) is 18.2 Å². The summed E-state index contributed by atoms with van der Waals surface area (Å²) in [7, 11) is 0. The number of non-ortho nitro benzene ring substituents is 1. The molecular formula is C17H18N2O4. The van der Waals surface area contributed by atoms with E-state index >= 15 is 0 Å². The zero-order valence-electron chi connectivity index (χ0n) is 13.3. The van der Waals surface area contributed by atoms with Gasteiger partial charge in [-0.25, -0.2) is 0 Å². The third-order valence-corrected chi connectivity index (χ3v) is 3.31. The molecule has 0 bridgehead atoms. The molecule has 0 saturated carbocycles. The Morgan fingerprint density at radius 1 is 1.13 bits per heavy atom. The van der Waals surface area contributed by atoms with Gasteiger partial charge in [0.2, 0.25) is 0 Å². The van der Waals surface area contributed by atoms with Gasteiger partial charge in [0, 0.05) is 17.8 Å². The van der Waals surface area contributed by atoms with E-state index in [0.717, 1.165) is 16.7 Å². The van der Waals surface area contributed by atoms with Crippen molar-refractivity contribution >= 4 is 17.3 Å². The molecule has 6 heteroatoms. The first kappa shape index (κ1) is 16.5. The van der Waals surface area contributed by atoms with Gasteiger partial charge in [-0.1, -0.05) is 17.7 Å². The Labute approximate surface area is 134 Å². The molecule has 0 spiro atoms. The monoisotopic (exact) mass is 314 g/mol. The third kappa shape index (κ3) is 4.29. The summed E-state index contributed by atoms with van der Waals surface area (Å²) in [6.45, 7) is 5.75. The minimum atomic E-state index is -0.488. The maximum Gasteiger partial charge on any atom is 0.269 e. The fourth-order valence-electron chi connectivity index (χ4n) is 2.40. The van der Waals surface area contributed by atoms with Gasteiger partial charge < -0.3 is 10.1 Å². The molecular weight excluding hydrogens is 296 g/mol. The largest absolute Gasteiger partial charge is 0.483 e. The Balaban J connectivity index is 1.96. The van der Waals surface area contributed by atoms with Crippen molar-refractivity contribution in [2.75, 3.05) is 11.9 Å². The summed E-state index contributed by atoms with van der Waals surface area (Å²) in [5.41, 5.74) is 3.56. The third-order valence-electron chi connectivity index (χ3n) is 3.31. The summed E-state index contributed by atoms with van der Waals surface area (Å²) >= 11 is 0. The molecule has 0 aliphatic carbocycles. The van der Waals surface area contributed by atoms with Crippen LogP contribution in [0.3, 0.4) is 0 Å². The van der Waals surface area contributed by atoms with Gasteiger partial charge in [-0.05, 0) is 44.0 Å². The van der Waals surface area contributed by atoms with Gasteiger partial charge in [0.15, 0.2) is 6.61 Å². The molecule has 2 aromatic rings. The minimum Gasteiger partial charge on any atom is -0.483 e. The normalized spacial score (nSPS) is 10.2. The summed E-state index contributed by atoms with van der Waals surface area (Å²) in [4.78, 5) is 22.0. The van der Waals surface area contributed by atoms with Crippen molar-refractivity contribution in [3.8, 4) is 5.75 Å².